The average molecular weight is 631 g/mol. The minimum Gasteiger partial charge on any atom is -0.493 e. The lowest BCUT2D eigenvalue weighted by molar-refractivity contribution is -0.0605. The Labute approximate surface area is 238 Å². The van der Waals surface area contributed by atoms with Crippen molar-refractivity contribution in [1.82, 2.24) is 0 Å². The van der Waals surface area contributed by atoms with Crippen LogP contribution in [0.3, 0.4) is 0 Å². The van der Waals surface area contributed by atoms with Gasteiger partial charge >= 0.3 is 22.5 Å². The minimum atomic E-state index is -4.97. The fraction of sp³-hybridized carbons (Fsp3) is 0.440. The van der Waals surface area contributed by atoms with Crippen LogP contribution in [0.2, 0.25) is 0 Å². The summed E-state index contributed by atoms with van der Waals surface area (Å²) in [6.45, 7) is 3.64. The Balaban J connectivity index is 1.89. The van der Waals surface area contributed by atoms with Crippen LogP contribution in [0.15, 0.2) is 58.8 Å². The summed E-state index contributed by atoms with van der Waals surface area (Å²) in [6.07, 6.45) is -8.47. The van der Waals surface area contributed by atoms with Gasteiger partial charge in [0, 0.05) is 23.3 Å². The number of alkyl halides is 6. The summed E-state index contributed by atoms with van der Waals surface area (Å²) < 4.78 is 123. The van der Waals surface area contributed by atoms with Crippen molar-refractivity contribution in [2.45, 2.75) is 45.5 Å². The van der Waals surface area contributed by atoms with Crippen molar-refractivity contribution >= 4 is 33.6 Å². The Morgan fingerprint density at radius 2 is 1.22 bits per heavy atom. The Kier molecular flexibility index (Phi) is 13.1. The average Bonchev–Trinajstić information content (AvgIpc) is 2.88. The van der Waals surface area contributed by atoms with Crippen LogP contribution in [0.25, 0.3) is 0 Å². The SMILES string of the molecule is CCCSO/N=C(/c1ccc(OCCCOc2ccc(/C(=N/OS(=O)(=O)CCC)C(F)(F)F)cc2)cc1)C(F)(F)F. The van der Waals surface area contributed by atoms with Gasteiger partial charge in [0.1, 0.15) is 11.5 Å². The molecule has 0 aliphatic rings. The van der Waals surface area contributed by atoms with Crippen molar-refractivity contribution in [3.8, 4) is 11.5 Å². The van der Waals surface area contributed by atoms with Gasteiger partial charge in [-0.3, -0.25) is 4.28 Å². The van der Waals surface area contributed by atoms with Crippen LogP contribution in [0.5, 0.6) is 11.5 Å². The molecule has 0 unspecified atom stereocenters. The van der Waals surface area contributed by atoms with Gasteiger partial charge in [-0.25, -0.2) is 0 Å². The summed E-state index contributed by atoms with van der Waals surface area (Å²) in [5.41, 5.74) is -3.30. The first-order chi connectivity index (χ1) is 19.3. The van der Waals surface area contributed by atoms with E-state index in [4.69, 9.17) is 13.8 Å². The third-order valence-electron chi connectivity index (χ3n) is 4.78. The van der Waals surface area contributed by atoms with E-state index >= 15 is 0 Å². The third kappa shape index (κ3) is 12.1. The van der Waals surface area contributed by atoms with E-state index in [-0.39, 0.29) is 30.9 Å². The highest BCUT2D eigenvalue weighted by molar-refractivity contribution is 7.94. The van der Waals surface area contributed by atoms with Gasteiger partial charge in [0.25, 0.3) is 0 Å². The fourth-order valence-corrected chi connectivity index (χ4v) is 4.09. The van der Waals surface area contributed by atoms with Gasteiger partial charge in [-0.1, -0.05) is 24.2 Å². The van der Waals surface area contributed by atoms with E-state index in [1.165, 1.54) is 43.3 Å². The van der Waals surface area contributed by atoms with Gasteiger partial charge in [-0.05, 0) is 61.4 Å². The van der Waals surface area contributed by atoms with Crippen molar-refractivity contribution in [3.63, 3.8) is 0 Å². The maximum atomic E-state index is 13.4. The molecule has 41 heavy (non-hydrogen) atoms. The van der Waals surface area contributed by atoms with Crippen molar-refractivity contribution in [1.29, 1.82) is 0 Å². The largest absolute Gasteiger partial charge is 0.493 e. The molecule has 0 spiro atoms. The van der Waals surface area contributed by atoms with Crippen LogP contribution >= 0.6 is 12.0 Å². The molecule has 0 atom stereocenters. The molecule has 16 heteroatoms. The maximum Gasteiger partial charge on any atom is 0.437 e. The molecule has 2 rings (SSSR count). The van der Waals surface area contributed by atoms with Crippen molar-refractivity contribution in [3.05, 3.63) is 59.7 Å². The Bertz CT molecular complexity index is 1250. The van der Waals surface area contributed by atoms with Gasteiger partial charge in [-0.15, -0.1) is 0 Å². The molecule has 0 bridgehead atoms. The van der Waals surface area contributed by atoms with Crippen LogP contribution in [-0.2, 0) is 18.7 Å². The van der Waals surface area contributed by atoms with E-state index < -0.39 is 45.2 Å². The molecule has 228 valence electrons. The molecule has 0 saturated heterocycles. The standard InChI is InChI=1S/C25H28F6N2O6S2/c1-3-16-40-38-32-22(24(26,27)28)18-6-10-20(11-7-18)36-14-5-15-37-21-12-8-19(9-13-21)23(25(29,30)31)33-39-41(34,35)17-4-2/h6-13H,3-5,14-17H2,1-2H3/b32-22-,33-23-. The minimum absolute atomic E-state index is 0.119. The zero-order valence-electron chi connectivity index (χ0n) is 22.0. The van der Waals surface area contributed by atoms with Crippen LogP contribution in [0.1, 0.15) is 44.2 Å². The van der Waals surface area contributed by atoms with E-state index in [2.05, 4.69) is 14.6 Å². The van der Waals surface area contributed by atoms with Crippen LogP contribution in [0, 0.1) is 0 Å². The lowest BCUT2D eigenvalue weighted by Gasteiger charge is -2.12. The zero-order valence-corrected chi connectivity index (χ0v) is 23.6. The molecule has 0 radical (unpaired) electrons. The number of benzene rings is 2. The summed E-state index contributed by atoms with van der Waals surface area (Å²) in [6, 6.07) is 9.73. The molecule has 2 aromatic rings. The highest BCUT2D eigenvalue weighted by Gasteiger charge is 2.39. The Morgan fingerprint density at radius 1 is 0.756 bits per heavy atom. The summed E-state index contributed by atoms with van der Waals surface area (Å²) >= 11 is 0.817. The third-order valence-corrected chi connectivity index (χ3v) is 6.75. The number of nitrogens with zero attached hydrogens (tertiary/aromatic N) is 2. The molecule has 0 aliphatic carbocycles. The van der Waals surface area contributed by atoms with Gasteiger partial charge in [0.05, 0.1) is 31.0 Å². The Hall–Kier alpha value is -3.14. The predicted octanol–water partition coefficient (Wildman–Crippen LogP) is 6.90. The maximum absolute atomic E-state index is 13.4. The normalized spacial score (nSPS) is 13.2. The smallest absolute Gasteiger partial charge is 0.437 e. The van der Waals surface area contributed by atoms with E-state index in [0.29, 0.717) is 24.3 Å². The summed E-state index contributed by atoms with van der Waals surface area (Å²) in [4.78, 5) is 0. The number of halogens is 6. The number of hydrogen-bond donors (Lipinski definition) is 0. The molecule has 0 amide bonds. The molecule has 0 aliphatic heterocycles. The monoisotopic (exact) mass is 630 g/mol. The first-order valence-corrected chi connectivity index (χ1v) is 14.7. The number of hydrogen-bond acceptors (Lipinski definition) is 9. The molecule has 0 fully saturated rings. The molecular weight excluding hydrogens is 602 g/mol. The van der Waals surface area contributed by atoms with E-state index in [1.54, 1.807) is 0 Å². The molecule has 0 N–H and O–H groups in total. The summed E-state index contributed by atoms with van der Waals surface area (Å²) in [7, 11) is -4.24. The number of ether oxygens (including phenoxy) is 2. The summed E-state index contributed by atoms with van der Waals surface area (Å²) in [5.74, 6) is 0.554. The first kappa shape index (κ1) is 34.1. The van der Waals surface area contributed by atoms with Crippen LogP contribution < -0.4 is 9.47 Å². The topological polar surface area (TPSA) is 95.8 Å². The fourth-order valence-electron chi connectivity index (χ4n) is 2.96. The molecule has 0 heterocycles. The van der Waals surface area contributed by atoms with Crippen molar-refractivity contribution < 1.29 is 52.8 Å². The quantitative estimate of drug-likeness (QED) is 0.0655. The van der Waals surface area contributed by atoms with E-state index in [1.807, 2.05) is 6.92 Å². The summed E-state index contributed by atoms with van der Waals surface area (Å²) in [5, 5.41) is 6.03. The molecule has 8 nitrogen and oxygen atoms in total. The van der Waals surface area contributed by atoms with Gasteiger partial charge < -0.3 is 13.8 Å². The molecule has 2 aromatic carbocycles. The van der Waals surface area contributed by atoms with Gasteiger partial charge in [0.15, 0.2) is 11.4 Å². The van der Waals surface area contributed by atoms with Gasteiger partial charge in [-0.2, -0.15) is 34.8 Å². The molecule has 0 saturated carbocycles. The van der Waals surface area contributed by atoms with Crippen molar-refractivity contribution in [2.24, 2.45) is 10.3 Å². The second-order valence-electron chi connectivity index (χ2n) is 8.21. The van der Waals surface area contributed by atoms with Crippen molar-refractivity contribution in [2.75, 3.05) is 24.7 Å². The molecular formula is C25H28F6N2O6S2. The predicted molar refractivity (Wildman–Crippen MR) is 143 cm³/mol. The van der Waals surface area contributed by atoms with E-state index in [0.717, 1.165) is 24.2 Å². The number of oxime groups is 2. The first-order valence-electron chi connectivity index (χ1n) is 12.2. The lowest BCUT2D eigenvalue weighted by atomic mass is 10.1. The Morgan fingerprint density at radius 3 is 1.63 bits per heavy atom. The van der Waals surface area contributed by atoms with Crippen LogP contribution in [0.4, 0.5) is 26.3 Å². The highest BCUT2D eigenvalue weighted by Crippen LogP contribution is 2.26. The zero-order chi connectivity index (χ0) is 30.5. The van der Waals surface area contributed by atoms with Gasteiger partial charge in [0.2, 0.25) is 0 Å². The number of rotatable bonds is 16. The van der Waals surface area contributed by atoms with Crippen LogP contribution in [-0.4, -0.2) is 56.9 Å². The second kappa shape index (κ2) is 15.7. The highest BCUT2D eigenvalue weighted by atomic mass is 32.2. The lowest BCUT2D eigenvalue weighted by Crippen LogP contribution is -2.25. The van der Waals surface area contributed by atoms with E-state index in [9.17, 15) is 34.8 Å². The molecule has 0 aromatic heterocycles. The second-order valence-corrected chi connectivity index (χ2v) is 10.7.